The minimum absolute atomic E-state index is 0.182. The Morgan fingerprint density at radius 2 is 2.12 bits per heavy atom. The molecule has 1 N–H and O–H groups in total. The second-order valence-electron chi connectivity index (χ2n) is 3.11. The number of rotatable bonds is 2. The molecule has 0 aliphatic rings. The first-order valence-corrected chi connectivity index (χ1v) is 5.58. The third kappa shape index (κ3) is 3.06. The standard InChI is InChI=1S/C11H12BrNO3/c1-3-16-11(15)10(14)13-9-7(2)5-4-6-8(9)12/h4-6H,3H2,1-2H3,(H,13,14). The van der Waals surface area contributed by atoms with Crippen LogP contribution in [0.25, 0.3) is 0 Å². The summed E-state index contributed by atoms with van der Waals surface area (Å²) < 4.78 is 5.32. The summed E-state index contributed by atoms with van der Waals surface area (Å²) in [5.41, 5.74) is 1.45. The van der Waals surface area contributed by atoms with Crippen molar-refractivity contribution < 1.29 is 14.3 Å². The highest BCUT2D eigenvalue weighted by Crippen LogP contribution is 2.25. The van der Waals surface area contributed by atoms with Crippen molar-refractivity contribution in [3.63, 3.8) is 0 Å². The second kappa shape index (κ2) is 5.65. The lowest BCUT2D eigenvalue weighted by Crippen LogP contribution is -2.25. The van der Waals surface area contributed by atoms with E-state index in [0.717, 1.165) is 10.0 Å². The van der Waals surface area contributed by atoms with Crippen LogP contribution in [0.4, 0.5) is 5.69 Å². The van der Waals surface area contributed by atoms with Crippen LogP contribution in [0, 0.1) is 6.92 Å². The number of carbonyl (C=O) groups is 2. The van der Waals surface area contributed by atoms with Crippen molar-refractivity contribution in [3.05, 3.63) is 28.2 Å². The summed E-state index contributed by atoms with van der Waals surface area (Å²) in [6.07, 6.45) is 0. The van der Waals surface area contributed by atoms with E-state index in [0.29, 0.717) is 5.69 Å². The maximum absolute atomic E-state index is 11.4. The quantitative estimate of drug-likeness (QED) is 0.670. The van der Waals surface area contributed by atoms with Crippen LogP contribution >= 0.6 is 15.9 Å². The first-order chi connectivity index (χ1) is 7.56. The lowest BCUT2D eigenvalue weighted by molar-refractivity contribution is -0.152. The molecule has 5 heteroatoms. The number of para-hydroxylation sites is 1. The van der Waals surface area contributed by atoms with E-state index < -0.39 is 11.9 Å². The molecule has 0 aliphatic carbocycles. The molecule has 1 aromatic carbocycles. The van der Waals surface area contributed by atoms with Gasteiger partial charge >= 0.3 is 11.9 Å². The molecule has 0 radical (unpaired) electrons. The molecule has 0 unspecified atom stereocenters. The number of esters is 1. The normalized spacial score (nSPS) is 9.69. The molecule has 0 aromatic heterocycles. The number of benzene rings is 1. The van der Waals surface area contributed by atoms with Crippen LogP contribution in [0.5, 0.6) is 0 Å². The fraction of sp³-hybridized carbons (Fsp3) is 0.273. The largest absolute Gasteiger partial charge is 0.459 e. The van der Waals surface area contributed by atoms with Crippen LogP contribution in [0.15, 0.2) is 22.7 Å². The first kappa shape index (κ1) is 12.7. The van der Waals surface area contributed by atoms with Crippen molar-refractivity contribution in [3.8, 4) is 0 Å². The Bertz CT molecular complexity index is 397. The second-order valence-corrected chi connectivity index (χ2v) is 3.96. The number of hydrogen-bond acceptors (Lipinski definition) is 3. The van der Waals surface area contributed by atoms with E-state index in [1.165, 1.54) is 0 Å². The molecule has 0 saturated heterocycles. The van der Waals surface area contributed by atoms with E-state index in [1.54, 1.807) is 13.0 Å². The van der Waals surface area contributed by atoms with E-state index in [4.69, 9.17) is 0 Å². The molecule has 0 fully saturated rings. The van der Waals surface area contributed by atoms with Crippen LogP contribution in [0.3, 0.4) is 0 Å². The molecule has 0 bridgehead atoms. The summed E-state index contributed by atoms with van der Waals surface area (Å²) in [4.78, 5) is 22.5. The van der Waals surface area contributed by atoms with E-state index in [2.05, 4.69) is 26.0 Å². The molecule has 0 heterocycles. The molecular weight excluding hydrogens is 274 g/mol. The molecule has 0 spiro atoms. The molecule has 0 saturated carbocycles. The molecule has 86 valence electrons. The number of amides is 1. The summed E-state index contributed by atoms with van der Waals surface area (Å²) >= 11 is 3.30. The van der Waals surface area contributed by atoms with Gasteiger partial charge in [-0.1, -0.05) is 12.1 Å². The average Bonchev–Trinajstić information content (AvgIpc) is 2.23. The zero-order valence-electron chi connectivity index (χ0n) is 9.04. The highest BCUT2D eigenvalue weighted by Gasteiger charge is 2.16. The van der Waals surface area contributed by atoms with Gasteiger partial charge in [-0.05, 0) is 41.4 Å². The summed E-state index contributed by atoms with van der Waals surface area (Å²) in [6.45, 7) is 3.67. The number of carbonyl (C=O) groups excluding carboxylic acids is 2. The van der Waals surface area contributed by atoms with E-state index in [9.17, 15) is 9.59 Å². The molecule has 1 amide bonds. The fourth-order valence-electron chi connectivity index (χ4n) is 1.15. The van der Waals surface area contributed by atoms with Crippen LogP contribution in [0.2, 0.25) is 0 Å². The third-order valence-corrected chi connectivity index (χ3v) is 2.58. The van der Waals surface area contributed by atoms with Crippen molar-refractivity contribution in [2.45, 2.75) is 13.8 Å². The van der Waals surface area contributed by atoms with Gasteiger partial charge in [0.1, 0.15) is 0 Å². The van der Waals surface area contributed by atoms with Gasteiger partial charge in [0.05, 0.1) is 12.3 Å². The highest BCUT2D eigenvalue weighted by atomic mass is 79.9. The molecule has 0 atom stereocenters. The van der Waals surface area contributed by atoms with Crippen LogP contribution in [0.1, 0.15) is 12.5 Å². The molecule has 0 aliphatic heterocycles. The van der Waals surface area contributed by atoms with Crippen LogP contribution in [-0.4, -0.2) is 18.5 Å². The van der Waals surface area contributed by atoms with E-state index in [1.807, 2.05) is 19.1 Å². The minimum atomic E-state index is -0.877. The van der Waals surface area contributed by atoms with Crippen molar-refractivity contribution >= 4 is 33.5 Å². The first-order valence-electron chi connectivity index (χ1n) is 4.79. The van der Waals surface area contributed by atoms with E-state index >= 15 is 0 Å². The predicted molar refractivity (Wildman–Crippen MR) is 64.1 cm³/mol. The van der Waals surface area contributed by atoms with Gasteiger partial charge in [0, 0.05) is 4.47 Å². The zero-order chi connectivity index (χ0) is 12.1. The predicted octanol–water partition coefficient (Wildman–Crippen LogP) is 2.26. The number of hydrogen-bond donors (Lipinski definition) is 1. The van der Waals surface area contributed by atoms with Gasteiger partial charge in [0.25, 0.3) is 0 Å². The Kier molecular flexibility index (Phi) is 4.49. The Hall–Kier alpha value is -1.36. The number of aryl methyl sites for hydroxylation is 1. The summed E-state index contributed by atoms with van der Waals surface area (Å²) in [6, 6.07) is 5.47. The topological polar surface area (TPSA) is 55.4 Å². The molecule has 16 heavy (non-hydrogen) atoms. The Balaban J connectivity index is 2.81. The molecule has 1 aromatic rings. The molecule has 1 rings (SSSR count). The van der Waals surface area contributed by atoms with Gasteiger partial charge in [0.15, 0.2) is 0 Å². The van der Waals surface area contributed by atoms with Crippen molar-refractivity contribution in [2.75, 3.05) is 11.9 Å². The zero-order valence-corrected chi connectivity index (χ0v) is 10.6. The maximum atomic E-state index is 11.4. The summed E-state index contributed by atoms with van der Waals surface area (Å²) in [7, 11) is 0. The SMILES string of the molecule is CCOC(=O)C(=O)Nc1c(C)cccc1Br. The molecule has 4 nitrogen and oxygen atoms in total. The number of anilines is 1. The minimum Gasteiger partial charge on any atom is -0.459 e. The van der Waals surface area contributed by atoms with Gasteiger partial charge in [-0.25, -0.2) is 4.79 Å². The van der Waals surface area contributed by atoms with Gasteiger partial charge in [-0.3, -0.25) is 4.79 Å². The van der Waals surface area contributed by atoms with E-state index in [-0.39, 0.29) is 6.61 Å². The number of halogens is 1. The lowest BCUT2D eigenvalue weighted by atomic mass is 10.2. The average molecular weight is 286 g/mol. The van der Waals surface area contributed by atoms with Crippen molar-refractivity contribution in [2.24, 2.45) is 0 Å². The van der Waals surface area contributed by atoms with Crippen molar-refractivity contribution in [1.29, 1.82) is 0 Å². The smallest absolute Gasteiger partial charge is 0.397 e. The fourth-order valence-corrected chi connectivity index (χ4v) is 1.72. The number of ether oxygens (including phenoxy) is 1. The summed E-state index contributed by atoms with van der Waals surface area (Å²) in [5.74, 6) is -1.64. The Morgan fingerprint density at radius 3 is 2.69 bits per heavy atom. The third-order valence-electron chi connectivity index (χ3n) is 1.92. The van der Waals surface area contributed by atoms with Gasteiger partial charge < -0.3 is 10.1 Å². The summed E-state index contributed by atoms with van der Waals surface area (Å²) in [5, 5.41) is 2.50. The van der Waals surface area contributed by atoms with Crippen LogP contribution in [-0.2, 0) is 14.3 Å². The Morgan fingerprint density at radius 1 is 1.44 bits per heavy atom. The van der Waals surface area contributed by atoms with Gasteiger partial charge in [-0.2, -0.15) is 0 Å². The lowest BCUT2D eigenvalue weighted by Gasteiger charge is -2.09. The molecular formula is C11H12BrNO3. The van der Waals surface area contributed by atoms with Gasteiger partial charge in [0.2, 0.25) is 0 Å². The monoisotopic (exact) mass is 285 g/mol. The van der Waals surface area contributed by atoms with Crippen molar-refractivity contribution in [1.82, 2.24) is 0 Å². The van der Waals surface area contributed by atoms with Gasteiger partial charge in [-0.15, -0.1) is 0 Å². The highest BCUT2D eigenvalue weighted by molar-refractivity contribution is 9.10. The number of nitrogens with one attached hydrogen (secondary N) is 1. The maximum Gasteiger partial charge on any atom is 0.397 e. The van der Waals surface area contributed by atoms with Crippen LogP contribution < -0.4 is 5.32 Å². The Labute approximate surface area is 102 Å².